The first-order chi connectivity index (χ1) is 11.9. The van der Waals surface area contributed by atoms with Gasteiger partial charge in [0.1, 0.15) is 0 Å². The molecule has 1 aliphatic heterocycles. The number of anilines is 1. The summed E-state index contributed by atoms with van der Waals surface area (Å²) in [6.45, 7) is 0.118. The van der Waals surface area contributed by atoms with E-state index in [1.54, 1.807) is 48.5 Å². The van der Waals surface area contributed by atoms with E-state index in [1.165, 1.54) is 5.01 Å². The van der Waals surface area contributed by atoms with E-state index in [9.17, 15) is 24.9 Å². The van der Waals surface area contributed by atoms with Crippen molar-refractivity contribution in [3.63, 3.8) is 0 Å². The zero-order valence-corrected chi connectivity index (χ0v) is 15.0. The van der Waals surface area contributed by atoms with E-state index in [4.69, 9.17) is 11.6 Å². The molecule has 1 radical (unpaired) electrons. The Bertz CT molecular complexity index is 820. The standard InChI is InChI=1S/C17H14ClN2O5.2H3N/c18-11-5-3-4-10(8-11)9-19-13-7-2-1-6-12(13)15(21)20(19)14(16(22)23)17(24)25;;/h1-8,14-15H,9H2,(H,22,23)(H,24,25);2*1H3. The Morgan fingerprint density at radius 1 is 1.04 bits per heavy atom. The number of hydrogen-bond donors (Lipinski definition) is 4. The number of halogens is 1. The Morgan fingerprint density at radius 3 is 2.26 bits per heavy atom. The molecular formula is C17H20ClN4O5. The van der Waals surface area contributed by atoms with E-state index in [0.717, 1.165) is 10.6 Å². The lowest BCUT2D eigenvalue weighted by molar-refractivity contribution is -0.166. The van der Waals surface area contributed by atoms with Crippen molar-refractivity contribution in [2.75, 3.05) is 5.01 Å². The van der Waals surface area contributed by atoms with Crippen LogP contribution in [0.2, 0.25) is 5.02 Å². The molecule has 1 heterocycles. The van der Waals surface area contributed by atoms with Crippen molar-refractivity contribution in [1.82, 2.24) is 17.3 Å². The van der Waals surface area contributed by atoms with Crippen LogP contribution in [0.25, 0.3) is 0 Å². The van der Waals surface area contributed by atoms with Gasteiger partial charge in [-0.2, -0.15) is 5.01 Å². The van der Waals surface area contributed by atoms with Crippen LogP contribution in [0.1, 0.15) is 17.4 Å². The zero-order valence-electron chi connectivity index (χ0n) is 14.3. The molecule has 0 amide bonds. The molecule has 8 N–H and O–H groups in total. The summed E-state index contributed by atoms with van der Waals surface area (Å²) in [7, 11) is 0. The fourth-order valence-corrected chi connectivity index (χ4v) is 3.12. The van der Waals surface area contributed by atoms with E-state index in [-0.39, 0.29) is 18.8 Å². The Hall–Kier alpha value is -2.69. The Morgan fingerprint density at radius 2 is 1.67 bits per heavy atom. The van der Waals surface area contributed by atoms with Crippen LogP contribution in [-0.4, -0.2) is 33.2 Å². The highest BCUT2D eigenvalue weighted by Gasteiger charge is 2.47. The third-order valence-corrected chi connectivity index (χ3v) is 4.19. The van der Waals surface area contributed by atoms with Gasteiger partial charge >= 0.3 is 11.9 Å². The van der Waals surface area contributed by atoms with E-state index >= 15 is 0 Å². The molecule has 10 heteroatoms. The maximum atomic E-state index is 12.7. The Labute approximate surface area is 160 Å². The Balaban J connectivity index is 0.00000182. The average Bonchev–Trinajstić information content (AvgIpc) is 2.81. The van der Waals surface area contributed by atoms with Gasteiger partial charge in [0.2, 0.25) is 6.04 Å². The molecular weight excluding hydrogens is 376 g/mol. The van der Waals surface area contributed by atoms with Crippen LogP contribution in [-0.2, 0) is 21.2 Å². The van der Waals surface area contributed by atoms with Crippen molar-refractivity contribution >= 4 is 29.2 Å². The minimum absolute atomic E-state index is 0. The summed E-state index contributed by atoms with van der Waals surface area (Å²) >= 11 is 5.98. The highest BCUT2D eigenvalue weighted by Crippen LogP contribution is 2.41. The van der Waals surface area contributed by atoms with Gasteiger partial charge in [-0.25, -0.2) is 14.7 Å². The van der Waals surface area contributed by atoms with Crippen molar-refractivity contribution in [1.29, 1.82) is 0 Å². The number of fused-ring (bicyclic) bond motifs is 1. The topological polar surface area (TPSA) is 171 Å². The lowest BCUT2D eigenvalue weighted by Crippen LogP contribution is -2.53. The van der Waals surface area contributed by atoms with Crippen molar-refractivity contribution in [3.05, 3.63) is 64.7 Å². The summed E-state index contributed by atoms with van der Waals surface area (Å²) in [5, 5.41) is 34.1. The number of hydrazine groups is 1. The lowest BCUT2D eigenvalue weighted by Gasteiger charge is -2.33. The summed E-state index contributed by atoms with van der Waals surface area (Å²) in [6.07, 6.45) is -1.63. The maximum Gasteiger partial charge on any atom is 0.334 e. The molecule has 2 aromatic carbocycles. The summed E-state index contributed by atoms with van der Waals surface area (Å²) < 4.78 is 0. The van der Waals surface area contributed by atoms with Crippen LogP contribution in [0.4, 0.5) is 5.69 Å². The second kappa shape index (κ2) is 8.80. The van der Waals surface area contributed by atoms with E-state index in [0.29, 0.717) is 16.3 Å². The molecule has 0 saturated carbocycles. The smallest absolute Gasteiger partial charge is 0.334 e. The summed E-state index contributed by atoms with van der Waals surface area (Å²) in [6, 6.07) is 11.5. The number of carbonyl (C=O) groups is 2. The average molecular weight is 396 g/mol. The fourth-order valence-electron chi connectivity index (χ4n) is 2.91. The van der Waals surface area contributed by atoms with Crippen molar-refractivity contribution < 1.29 is 24.9 Å². The lowest BCUT2D eigenvalue weighted by atomic mass is 10.1. The third-order valence-electron chi connectivity index (χ3n) is 3.95. The number of carboxylic acids is 2. The molecule has 9 nitrogen and oxygen atoms in total. The van der Waals surface area contributed by atoms with E-state index in [1.807, 2.05) is 0 Å². The minimum Gasteiger partial charge on any atom is -0.480 e. The Kier molecular flexibility index (Phi) is 7.28. The summed E-state index contributed by atoms with van der Waals surface area (Å²) in [5.74, 6) is -3.20. The highest BCUT2D eigenvalue weighted by molar-refractivity contribution is 6.30. The van der Waals surface area contributed by atoms with Gasteiger partial charge in [0.15, 0.2) is 6.23 Å². The van der Waals surface area contributed by atoms with E-state index < -0.39 is 24.2 Å². The molecule has 0 aromatic heterocycles. The first-order valence-electron chi connectivity index (χ1n) is 7.40. The quantitative estimate of drug-likeness (QED) is 0.559. The van der Waals surface area contributed by atoms with Crippen molar-refractivity contribution in [2.45, 2.75) is 18.8 Å². The zero-order chi connectivity index (χ0) is 18.1. The summed E-state index contributed by atoms with van der Waals surface area (Å²) in [5.41, 5.74) is 1.53. The van der Waals surface area contributed by atoms with Crippen LogP contribution in [0.3, 0.4) is 0 Å². The van der Waals surface area contributed by atoms with Crippen LogP contribution in [0, 0.1) is 0 Å². The summed E-state index contributed by atoms with van der Waals surface area (Å²) in [4.78, 5) is 22.9. The second-order valence-corrected chi connectivity index (χ2v) is 5.99. The number of carboxylic acid groups (broad SMARTS) is 2. The molecule has 0 spiro atoms. The van der Waals surface area contributed by atoms with Crippen molar-refractivity contribution in [2.24, 2.45) is 0 Å². The monoisotopic (exact) mass is 395 g/mol. The van der Waals surface area contributed by atoms with Crippen LogP contribution in [0.5, 0.6) is 0 Å². The molecule has 1 atom stereocenters. The fraction of sp³-hybridized carbons (Fsp3) is 0.176. The molecule has 1 unspecified atom stereocenters. The molecule has 145 valence electrons. The van der Waals surface area contributed by atoms with E-state index in [2.05, 4.69) is 0 Å². The maximum absolute atomic E-state index is 12.7. The van der Waals surface area contributed by atoms with Crippen molar-refractivity contribution in [3.8, 4) is 0 Å². The number of nitrogens with zero attached hydrogens (tertiary/aromatic N) is 2. The normalized spacial score (nSPS) is 15.7. The minimum atomic E-state index is -1.99. The number of rotatable bonds is 5. The molecule has 2 aromatic rings. The van der Waals surface area contributed by atoms with Gasteiger partial charge in [-0.3, -0.25) is 5.01 Å². The van der Waals surface area contributed by atoms with Crippen LogP contribution < -0.4 is 17.3 Å². The second-order valence-electron chi connectivity index (χ2n) is 5.56. The number of benzene rings is 2. The molecule has 1 aliphatic rings. The van der Waals surface area contributed by atoms with Gasteiger partial charge in [0, 0.05) is 10.6 Å². The van der Waals surface area contributed by atoms with Gasteiger partial charge in [0.05, 0.1) is 12.2 Å². The third kappa shape index (κ3) is 4.18. The van der Waals surface area contributed by atoms with Gasteiger partial charge in [0.25, 0.3) is 0 Å². The SMILES string of the molecule is N.N.[O]C1c2ccccc2N(Cc2cccc(Cl)c2)N1C(C(=O)O)C(=O)O. The number of aliphatic carboxylic acids is 2. The van der Waals surface area contributed by atoms with Gasteiger partial charge in [-0.05, 0) is 23.8 Å². The highest BCUT2D eigenvalue weighted by atomic mass is 35.5. The predicted molar refractivity (Wildman–Crippen MR) is 98.4 cm³/mol. The molecule has 0 aliphatic carbocycles. The van der Waals surface area contributed by atoms with Gasteiger partial charge in [-0.15, -0.1) is 0 Å². The number of para-hydroxylation sites is 1. The van der Waals surface area contributed by atoms with Crippen LogP contribution in [0.15, 0.2) is 48.5 Å². The molecule has 0 fully saturated rings. The molecule has 3 rings (SSSR count). The first-order valence-corrected chi connectivity index (χ1v) is 7.78. The first kappa shape index (κ1) is 22.4. The van der Waals surface area contributed by atoms with Gasteiger partial charge in [-0.1, -0.05) is 41.9 Å². The molecule has 0 bridgehead atoms. The predicted octanol–water partition coefficient (Wildman–Crippen LogP) is 2.87. The molecule has 27 heavy (non-hydrogen) atoms. The van der Waals surface area contributed by atoms with Crippen LogP contribution >= 0.6 is 11.6 Å². The van der Waals surface area contributed by atoms with Gasteiger partial charge < -0.3 is 22.5 Å². The largest absolute Gasteiger partial charge is 0.480 e. The number of hydrogen-bond acceptors (Lipinski definition) is 6. The molecule has 0 saturated heterocycles.